The van der Waals surface area contributed by atoms with Crippen LogP contribution in [0.2, 0.25) is 0 Å². The molecule has 0 aliphatic carbocycles. The molecule has 2 aliphatic heterocycles. The zero-order chi connectivity index (χ0) is 18.3. The number of carbonyl (C=O) groups is 1. The van der Waals surface area contributed by atoms with Crippen LogP contribution in [0.1, 0.15) is 46.5 Å². The summed E-state index contributed by atoms with van der Waals surface area (Å²) in [6.07, 6.45) is 4.44. The summed E-state index contributed by atoms with van der Waals surface area (Å²) < 4.78 is 11.1. The van der Waals surface area contributed by atoms with Crippen LogP contribution in [0.3, 0.4) is 0 Å². The van der Waals surface area contributed by atoms with Crippen LogP contribution in [0.4, 0.5) is 4.79 Å². The largest absolute Gasteiger partial charge is 0.444 e. The Morgan fingerprint density at radius 2 is 2.00 bits per heavy atom. The molecule has 0 aromatic heterocycles. The van der Waals surface area contributed by atoms with Crippen molar-refractivity contribution in [2.75, 3.05) is 39.8 Å². The Bertz CT molecular complexity index is 456. The minimum absolute atomic E-state index is 0.210. The summed E-state index contributed by atoms with van der Waals surface area (Å²) in [5.41, 5.74) is -0.448. The van der Waals surface area contributed by atoms with Crippen molar-refractivity contribution >= 4 is 12.1 Å². The van der Waals surface area contributed by atoms with E-state index in [4.69, 9.17) is 9.47 Å². The van der Waals surface area contributed by atoms with Crippen LogP contribution in [-0.2, 0) is 9.47 Å². The maximum absolute atomic E-state index is 12.2. The maximum Gasteiger partial charge on any atom is 0.410 e. The number of likely N-dealkylation sites (tertiary alicyclic amines) is 1. The molecule has 0 saturated carbocycles. The first-order valence-corrected chi connectivity index (χ1v) is 9.41. The number of hydrogen-bond acceptors (Lipinski definition) is 4. The number of nitrogens with zero attached hydrogens (tertiary/aromatic N) is 2. The molecule has 2 unspecified atom stereocenters. The Labute approximate surface area is 151 Å². The topological polar surface area (TPSA) is 75.2 Å². The first-order chi connectivity index (χ1) is 11.9. The van der Waals surface area contributed by atoms with Gasteiger partial charge < -0.3 is 25.0 Å². The molecule has 0 spiro atoms. The van der Waals surface area contributed by atoms with Crippen LogP contribution in [0.5, 0.6) is 0 Å². The van der Waals surface area contributed by atoms with Crippen molar-refractivity contribution in [2.24, 2.45) is 10.9 Å². The Balaban J connectivity index is 1.72. The molecule has 2 rings (SSSR count). The molecule has 0 aromatic rings. The summed E-state index contributed by atoms with van der Waals surface area (Å²) in [5, 5.41) is 6.70. The fraction of sp³-hybridized carbons (Fsp3) is 0.889. The van der Waals surface area contributed by atoms with Crippen LogP contribution in [0.15, 0.2) is 4.99 Å². The summed E-state index contributed by atoms with van der Waals surface area (Å²) in [7, 11) is 1.78. The van der Waals surface area contributed by atoms with Crippen molar-refractivity contribution in [2.45, 2.75) is 58.2 Å². The molecule has 7 nitrogen and oxygen atoms in total. The molecule has 1 amide bonds. The lowest BCUT2D eigenvalue weighted by molar-refractivity contribution is 0.0168. The zero-order valence-electron chi connectivity index (χ0n) is 16.1. The molecule has 2 fully saturated rings. The highest BCUT2D eigenvalue weighted by Crippen LogP contribution is 2.19. The number of ether oxygens (including phenoxy) is 2. The van der Waals surface area contributed by atoms with Gasteiger partial charge >= 0.3 is 6.09 Å². The molecule has 0 bridgehead atoms. The van der Waals surface area contributed by atoms with Gasteiger partial charge in [-0.3, -0.25) is 4.99 Å². The SMILES string of the molecule is CN=C(NCC1CCCN(C(=O)OC(C)(C)C)C1)NCC1CCCO1. The molecule has 144 valence electrons. The van der Waals surface area contributed by atoms with Crippen molar-refractivity contribution in [3.8, 4) is 0 Å². The van der Waals surface area contributed by atoms with Gasteiger partial charge in [0, 0.05) is 39.8 Å². The van der Waals surface area contributed by atoms with E-state index >= 15 is 0 Å². The van der Waals surface area contributed by atoms with Gasteiger partial charge in [-0.05, 0) is 52.4 Å². The number of piperidine rings is 1. The molecule has 25 heavy (non-hydrogen) atoms. The van der Waals surface area contributed by atoms with Gasteiger partial charge in [-0.1, -0.05) is 0 Å². The smallest absolute Gasteiger partial charge is 0.410 e. The summed E-state index contributed by atoms with van der Waals surface area (Å²) >= 11 is 0. The van der Waals surface area contributed by atoms with Crippen molar-refractivity contribution in [1.82, 2.24) is 15.5 Å². The van der Waals surface area contributed by atoms with Crippen LogP contribution >= 0.6 is 0 Å². The van der Waals surface area contributed by atoms with E-state index in [0.717, 1.165) is 64.4 Å². The minimum atomic E-state index is -0.448. The average molecular weight is 354 g/mol. The van der Waals surface area contributed by atoms with E-state index in [0.29, 0.717) is 5.92 Å². The third kappa shape index (κ3) is 7.10. The predicted octanol–water partition coefficient (Wildman–Crippen LogP) is 1.98. The van der Waals surface area contributed by atoms with Gasteiger partial charge in [0.2, 0.25) is 0 Å². The zero-order valence-corrected chi connectivity index (χ0v) is 16.1. The van der Waals surface area contributed by atoms with Gasteiger partial charge in [0.15, 0.2) is 5.96 Å². The first-order valence-electron chi connectivity index (χ1n) is 9.41. The highest BCUT2D eigenvalue weighted by atomic mass is 16.6. The molecule has 2 N–H and O–H groups in total. The Hall–Kier alpha value is -1.50. The second-order valence-corrected chi connectivity index (χ2v) is 7.90. The molecule has 2 saturated heterocycles. The summed E-state index contributed by atoms with van der Waals surface area (Å²) in [6.45, 7) is 9.65. The summed E-state index contributed by atoms with van der Waals surface area (Å²) in [6, 6.07) is 0. The second-order valence-electron chi connectivity index (χ2n) is 7.90. The normalized spacial score (nSPS) is 25.0. The predicted molar refractivity (Wildman–Crippen MR) is 98.9 cm³/mol. The number of hydrogen-bond donors (Lipinski definition) is 2. The average Bonchev–Trinajstić information content (AvgIpc) is 3.07. The number of guanidine groups is 1. The van der Waals surface area contributed by atoms with Gasteiger partial charge in [0.05, 0.1) is 6.10 Å². The molecule has 2 heterocycles. The molecule has 0 radical (unpaired) electrons. The maximum atomic E-state index is 12.2. The molecular formula is C18H34N4O3. The van der Waals surface area contributed by atoms with Crippen molar-refractivity contribution in [3.05, 3.63) is 0 Å². The van der Waals surface area contributed by atoms with Crippen molar-refractivity contribution in [1.29, 1.82) is 0 Å². The van der Waals surface area contributed by atoms with Crippen LogP contribution in [-0.4, -0.2) is 68.5 Å². The number of carbonyl (C=O) groups excluding carboxylic acids is 1. The molecule has 2 atom stereocenters. The van der Waals surface area contributed by atoms with Crippen LogP contribution in [0.25, 0.3) is 0 Å². The fourth-order valence-corrected chi connectivity index (χ4v) is 3.20. The van der Waals surface area contributed by atoms with Gasteiger partial charge in [-0.25, -0.2) is 4.79 Å². The Kier molecular flexibility index (Phi) is 7.35. The first kappa shape index (κ1) is 19.8. The number of nitrogens with one attached hydrogen (secondary N) is 2. The van der Waals surface area contributed by atoms with E-state index in [-0.39, 0.29) is 12.2 Å². The van der Waals surface area contributed by atoms with E-state index in [2.05, 4.69) is 15.6 Å². The lowest BCUT2D eigenvalue weighted by Crippen LogP contribution is -2.47. The van der Waals surface area contributed by atoms with E-state index < -0.39 is 5.60 Å². The molecular weight excluding hydrogens is 320 g/mol. The number of amides is 1. The third-order valence-corrected chi connectivity index (χ3v) is 4.47. The van der Waals surface area contributed by atoms with Gasteiger partial charge in [0.25, 0.3) is 0 Å². The molecule has 2 aliphatic rings. The lowest BCUT2D eigenvalue weighted by Gasteiger charge is -2.34. The van der Waals surface area contributed by atoms with E-state index in [9.17, 15) is 4.79 Å². The highest BCUT2D eigenvalue weighted by molar-refractivity contribution is 5.79. The van der Waals surface area contributed by atoms with E-state index in [1.807, 2.05) is 25.7 Å². The van der Waals surface area contributed by atoms with E-state index in [1.54, 1.807) is 7.05 Å². The van der Waals surface area contributed by atoms with Gasteiger partial charge in [-0.15, -0.1) is 0 Å². The number of aliphatic imine (C=N–C) groups is 1. The third-order valence-electron chi connectivity index (χ3n) is 4.47. The lowest BCUT2D eigenvalue weighted by atomic mass is 9.98. The summed E-state index contributed by atoms with van der Waals surface area (Å²) in [5.74, 6) is 1.20. The van der Waals surface area contributed by atoms with Crippen LogP contribution in [0, 0.1) is 5.92 Å². The number of rotatable bonds is 4. The standard InChI is InChI=1S/C18H34N4O3/c1-18(2,3)25-17(23)22-9-5-7-14(13-22)11-20-16(19-4)21-12-15-8-6-10-24-15/h14-15H,5-13H2,1-4H3,(H2,19,20,21). The molecule has 0 aromatic carbocycles. The van der Waals surface area contributed by atoms with E-state index in [1.165, 1.54) is 0 Å². The van der Waals surface area contributed by atoms with Gasteiger partial charge in [0.1, 0.15) is 5.60 Å². The monoisotopic (exact) mass is 354 g/mol. The van der Waals surface area contributed by atoms with Crippen molar-refractivity contribution in [3.63, 3.8) is 0 Å². The Morgan fingerprint density at radius 1 is 1.24 bits per heavy atom. The fourth-order valence-electron chi connectivity index (χ4n) is 3.20. The Morgan fingerprint density at radius 3 is 2.64 bits per heavy atom. The quantitative estimate of drug-likeness (QED) is 0.596. The van der Waals surface area contributed by atoms with Crippen LogP contribution < -0.4 is 10.6 Å². The van der Waals surface area contributed by atoms with Gasteiger partial charge in [-0.2, -0.15) is 0 Å². The highest BCUT2D eigenvalue weighted by Gasteiger charge is 2.27. The second kappa shape index (κ2) is 9.27. The van der Waals surface area contributed by atoms with Crippen molar-refractivity contribution < 1.29 is 14.3 Å². The minimum Gasteiger partial charge on any atom is -0.444 e. The summed E-state index contributed by atoms with van der Waals surface area (Å²) in [4.78, 5) is 18.3. The molecule has 7 heteroatoms.